The van der Waals surface area contributed by atoms with Crippen molar-refractivity contribution >= 4 is 38.8 Å². The van der Waals surface area contributed by atoms with Gasteiger partial charge in [-0.25, -0.2) is 0 Å². The molecule has 0 radical (unpaired) electrons. The maximum atomic E-state index is 5.68. The van der Waals surface area contributed by atoms with E-state index < -0.39 is 0 Å². The fourth-order valence-electron chi connectivity index (χ4n) is 2.14. The molecule has 20 heavy (non-hydrogen) atoms. The van der Waals surface area contributed by atoms with E-state index in [2.05, 4.69) is 46.4 Å². The van der Waals surface area contributed by atoms with Gasteiger partial charge < -0.3 is 11.1 Å². The third kappa shape index (κ3) is 3.58. The van der Waals surface area contributed by atoms with Crippen LogP contribution in [0.15, 0.2) is 46.9 Å². The Hall–Kier alpha value is -1.39. The van der Waals surface area contributed by atoms with Gasteiger partial charge in [0.2, 0.25) is 0 Å². The Bertz CT molecular complexity index is 640. The summed E-state index contributed by atoms with van der Waals surface area (Å²) in [6, 6.07) is 14.6. The van der Waals surface area contributed by atoms with Gasteiger partial charge in [-0.2, -0.15) is 0 Å². The number of halogens is 1. The third-order valence-electron chi connectivity index (χ3n) is 3.22. The zero-order chi connectivity index (χ0) is 14.7. The Morgan fingerprint density at radius 2 is 2.00 bits per heavy atom. The van der Waals surface area contributed by atoms with E-state index in [1.807, 2.05) is 31.2 Å². The topological polar surface area (TPSA) is 38.0 Å². The highest BCUT2D eigenvalue weighted by Crippen LogP contribution is 2.23. The number of benzene rings is 2. The Balaban J connectivity index is 2.18. The Morgan fingerprint density at radius 1 is 1.25 bits per heavy atom. The number of hydrogen-bond acceptors (Lipinski definition) is 2. The summed E-state index contributed by atoms with van der Waals surface area (Å²) >= 11 is 8.52. The molecule has 2 nitrogen and oxygen atoms in total. The van der Waals surface area contributed by atoms with Crippen LogP contribution in [0.4, 0.5) is 5.69 Å². The van der Waals surface area contributed by atoms with E-state index in [4.69, 9.17) is 18.0 Å². The van der Waals surface area contributed by atoms with Crippen molar-refractivity contribution in [3.05, 3.63) is 63.6 Å². The summed E-state index contributed by atoms with van der Waals surface area (Å²) in [7, 11) is 0. The van der Waals surface area contributed by atoms with Crippen molar-refractivity contribution in [3.8, 4) is 0 Å². The van der Waals surface area contributed by atoms with Gasteiger partial charge in [-0.3, -0.25) is 0 Å². The van der Waals surface area contributed by atoms with Gasteiger partial charge >= 0.3 is 0 Å². The summed E-state index contributed by atoms with van der Waals surface area (Å²) in [5.74, 6) is 0. The minimum atomic E-state index is 0.225. The highest BCUT2D eigenvalue weighted by atomic mass is 79.9. The van der Waals surface area contributed by atoms with Crippen LogP contribution in [0.2, 0.25) is 0 Å². The van der Waals surface area contributed by atoms with Gasteiger partial charge in [-0.05, 0) is 55.3 Å². The van der Waals surface area contributed by atoms with Crippen molar-refractivity contribution in [2.24, 2.45) is 5.73 Å². The number of aryl methyl sites for hydroxylation is 1. The predicted octanol–water partition coefficient (Wildman–Crippen LogP) is 4.56. The molecule has 1 atom stereocenters. The number of thiocarbonyl (C=S) groups is 1. The molecule has 1 unspecified atom stereocenters. The molecule has 0 saturated carbocycles. The molecule has 0 aliphatic rings. The smallest absolute Gasteiger partial charge is 0.104 e. The first-order valence-corrected chi connectivity index (χ1v) is 7.60. The van der Waals surface area contributed by atoms with Crippen molar-refractivity contribution < 1.29 is 0 Å². The SMILES string of the molecule is Cc1cc(NC(C)c2cccc(Br)c2)ccc1C(N)=S. The lowest BCUT2D eigenvalue weighted by atomic mass is 10.1. The van der Waals surface area contributed by atoms with Crippen LogP contribution in [0.3, 0.4) is 0 Å². The summed E-state index contributed by atoms with van der Waals surface area (Å²) in [6.45, 7) is 4.15. The first-order valence-electron chi connectivity index (χ1n) is 6.40. The summed E-state index contributed by atoms with van der Waals surface area (Å²) in [4.78, 5) is 0.439. The van der Waals surface area contributed by atoms with E-state index in [1.165, 1.54) is 5.56 Å². The molecule has 104 valence electrons. The second-order valence-corrected chi connectivity index (χ2v) is 6.17. The number of nitrogens with one attached hydrogen (secondary N) is 1. The molecule has 0 aliphatic carbocycles. The lowest BCUT2D eigenvalue weighted by molar-refractivity contribution is 0.883. The van der Waals surface area contributed by atoms with Gasteiger partial charge in [0.25, 0.3) is 0 Å². The fourth-order valence-corrected chi connectivity index (χ4v) is 2.79. The molecule has 0 fully saturated rings. The van der Waals surface area contributed by atoms with Gasteiger partial charge in [-0.1, -0.05) is 40.3 Å². The van der Waals surface area contributed by atoms with Crippen molar-refractivity contribution in [3.63, 3.8) is 0 Å². The summed E-state index contributed by atoms with van der Waals surface area (Å²) in [5.41, 5.74) is 9.99. The largest absolute Gasteiger partial charge is 0.389 e. The molecule has 0 heterocycles. The van der Waals surface area contributed by atoms with Crippen molar-refractivity contribution in [2.75, 3.05) is 5.32 Å². The number of anilines is 1. The number of nitrogens with two attached hydrogens (primary N) is 1. The zero-order valence-electron chi connectivity index (χ0n) is 11.5. The van der Waals surface area contributed by atoms with Crippen LogP contribution in [-0.4, -0.2) is 4.99 Å². The molecule has 0 spiro atoms. The zero-order valence-corrected chi connectivity index (χ0v) is 13.9. The molecular formula is C16H17BrN2S. The average Bonchev–Trinajstić information content (AvgIpc) is 2.38. The molecule has 3 N–H and O–H groups in total. The maximum Gasteiger partial charge on any atom is 0.104 e. The van der Waals surface area contributed by atoms with E-state index in [-0.39, 0.29) is 6.04 Å². The fraction of sp³-hybridized carbons (Fsp3) is 0.188. The number of hydrogen-bond donors (Lipinski definition) is 2. The molecule has 0 aliphatic heterocycles. The summed E-state index contributed by atoms with van der Waals surface area (Å²) in [5, 5.41) is 3.49. The van der Waals surface area contributed by atoms with Gasteiger partial charge in [0.15, 0.2) is 0 Å². The normalized spacial score (nSPS) is 11.9. The van der Waals surface area contributed by atoms with Crippen LogP contribution >= 0.6 is 28.1 Å². The maximum absolute atomic E-state index is 5.68. The Labute approximate surface area is 133 Å². The molecule has 0 bridgehead atoms. The second-order valence-electron chi connectivity index (χ2n) is 4.81. The molecule has 0 amide bonds. The molecule has 2 rings (SSSR count). The van der Waals surface area contributed by atoms with Crippen LogP contribution in [0.5, 0.6) is 0 Å². The van der Waals surface area contributed by atoms with Crippen LogP contribution in [0, 0.1) is 6.92 Å². The highest BCUT2D eigenvalue weighted by Gasteiger charge is 2.07. The lowest BCUT2D eigenvalue weighted by Gasteiger charge is -2.17. The highest BCUT2D eigenvalue weighted by molar-refractivity contribution is 9.10. The van der Waals surface area contributed by atoms with Crippen LogP contribution in [-0.2, 0) is 0 Å². The predicted molar refractivity (Wildman–Crippen MR) is 93.2 cm³/mol. The Morgan fingerprint density at radius 3 is 2.60 bits per heavy atom. The molecule has 4 heteroatoms. The molecular weight excluding hydrogens is 332 g/mol. The van der Waals surface area contributed by atoms with Gasteiger partial charge in [0.05, 0.1) is 0 Å². The third-order valence-corrected chi connectivity index (χ3v) is 3.94. The second kappa shape index (κ2) is 6.37. The van der Waals surface area contributed by atoms with Crippen molar-refractivity contribution in [1.82, 2.24) is 0 Å². The molecule has 0 aromatic heterocycles. The summed E-state index contributed by atoms with van der Waals surface area (Å²) < 4.78 is 1.09. The van der Waals surface area contributed by atoms with E-state index >= 15 is 0 Å². The number of rotatable bonds is 4. The van der Waals surface area contributed by atoms with Crippen molar-refractivity contribution in [1.29, 1.82) is 0 Å². The molecule has 0 saturated heterocycles. The van der Waals surface area contributed by atoms with E-state index in [9.17, 15) is 0 Å². The minimum absolute atomic E-state index is 0.225. The minimum Gasteiger partial charge on any atom is -0.389 e. The molecule has 2 aromatic carbocycles. The summed E-state index contributed by atoms with van der Waals surface area (Å²) in [6.07, 6.45) is 0. The Kier molecular flexibility index (Phi) is 4.78. The van der Waals surface area contributed by atoms with Crippen LogP contribution in [0.25, 0.3) is 0 Å². The standard InChI is InChI=1S/C16H17BrN2S/c1-10-8-14(6-7-15(10)16(18)20)19-11(2)12-4-3-5-13(17)9-12/h3-9,11,19H,1-2H3,(H2,18,20). The van der Waals surface area contributed by atoms with E-state index in [0.29, 0.717) is 4.99 Å². The van der Waals surface area contributed by atoms with Gasteiger partial charge in [-0.15, -0.1) is 0 Å². The van der Waals surface area contributed by atoms with Crippen molar-refractivity contribution in [2.45, 2.75) is 19.9 Å². The lowest BCUT2D eigenvalue weighted by Crippen LogP contribution is -2.12. The quantitative estimate of drug-likeness (QED) is 0.795. The first kappa shape index (κ1) is 15.0. The first-order chi connectivity index (χ1) is 9.47. The van der Waals surface area contributed by atoms with Crippen LogP contribution < -0.4 is 11.1 Å². The molecule has 2 aromatic rings. The van der Waals surface area contributed by atoms with Gasteiger partial charge in [0.1, 0.15) is 4.99 Å². The van der Waals surface area contributed by atoms with Gasteiger partial charge in [0, 0.05) is 21.8 Å². The monoisotopic (exact) mass is 348 g/mol. The van der Waals surface area contributed by atoms with Crippen LogP contribution in [0.1, 0.15) is 29.7 Å². The van der Waals surface area contributed by atoms with E-state index in [0.717, 1.165) is 21.3 Å². The average molecular weight is 349 g/mol. The van der Waals surface area contributed by atoms with E-state index in [1.54, 1.807) is 0 Å².